The minimum Gasteiger partial charge on any atom is -0.483 e. The number of nitrogens with two attached hydrogens (primary N) is 1. The van der Waals surface area contributed by atoms with Gasteiger partial charge in [-0.25, -0.2) is 0 Å². The van der Waals surface area contributed by atoms with Crippen molar-refractivity contribution in [2.45, 2.75) is 32.7 Å². The van der Waals surface area contributed by atoms with Crippen LogP contribution in [0.4, 0.5) is 0 Å². The molecule has 20 heavy (non-hydrogen) atoms. The van der Waals surface area contributed by atoms with Gasteiger partial charge in [-0.2, -0.15) is 0 Å². The highest BCUT2D eigenvalue weighted by molar-refractivity contribution is 5.99. The Hall–Kier alpha value is -2.24. The second-order valence-corrected chi connectivity index (χ2v) is 4.35. The van der Waals surface area contributed by atoms with Gasteiger partial charge in [0.15, 0.2) is 12.4 Å². The third kappa shape index (κ3) is 4.46. The average molecular weight is 279 g/mol. The van der Waals surface area contributed by atoms with Crippen LogP contribution >= 0.6 is 0 Å². The molecule has 0 bridgehead atoms. The van der Waals surface area contributed by atoms with Gasteiger partial charge in [-0.3, -0.25) is 4.79 Å². The van der Waals surface area contributed by atoms with Crippen LogP contribution in [0.2, 0.25) is 0 Å². The molecule has 0 heterocycles. The van der Waals surface area contributed by atoms with E-state index in [4.69, 9.17) is 15.7 Å². The molecule has 4 N–H and O–H groups in total. The van der Waals surface area contributed by atoms with Gasteiger partial charge in [0, 0.05) is 6.04 Å². The predicted molar refractivity (Wildman–Crippen MR) is 77.0 cm³/mol. The van der Waals surface area contributed by atoms with Crippen LogP contribution in [0, 0.1) is 0 Å². The molecule has 0 fully saturated rings. The summed E-state index contributed by atoms with van der Waals surface area (Å²) in [6.45, 7) is 3.93. The zero-order valence-corrected chi connectivity index (χ0v) is 11.8. The summed E-state index contributed by atoms with van der Waals surface area (Å²) in [5, 5.41) is 14.5. The van der Waals surface area contributed by atoms with E-state index < -0.39 is 0 Å². The average Bonchev–Trinajstić information content (AvgIpc) is 2.50. The highest BCUT2D eigenvalue weighted by Crippen LogP contribution is 2.17. The first-order valence-electron chi connectivity index (χ1n) is 6.61. The normalized spacial score (nSPS) is 11.4. The van der Waals surface area contributed by atoms with E-state index in [-0.39, 0.29) is 24.4 Å². The quantitative estimate of drug-likeness (QED) is 0.305. The standard InChI is InChI=1S/C14H21N3O3/c1-3-10(4-2)16-13(18)9-20-12-8-6-5-7-11(12)14(15)17-19/h5-8,10,19H,3-4,9H2,1-2H3,(H2,15,17)(H,16,18). The van der Waals surface area contributed by atoms with Crippen LogP contribution in [-0.2, 0) is 4.79 Å². The van der Waals surface area contributed by atoms with Crippen LogP contribution < -0.4 is 15.8 Å². The fourth-order valence-corrected chi connectivity index (χ4v) is 1.76. The number of nitrogens with one attached hydrogen (secondary N) is 1. The number of para-hydroxylation sites is 1. The van der Waals surface area contributed by atoms with Crippen molar-refractivity contribution in [3.63, 3.8) is 0 Å². The number of amides is 1. The molecule has 0 saturated carbocycles. The first-order chi connectivity index (χ1) is 9.62. The lowest BCUT2D eigenvalue weighted by atomic mass is 10.2. The molecule has 1 amide bonds. The largest absolute Gasteiger partial charge is 0.483 e. The summed E-state index contributed by atoms with van der Waals surface area (Å²) in [6.07, 6.45) is 1.76. The van der Waals surface area contributed by atoms with Gasteiger partial charge < -0.3 is 21.0 Å². The van der Waals surface area contributed by atoms with Crippen LogP contribution in [0.15, 0.2) is 29.4 Å². The molecule has 6 nitrogen and oxygen atoms in total. The van der Waals surface area contributed by atoms with Crippen LogP contribution in [0.1, 0.15) is 32.3 Å². The minimum absolute atomic E-state index is 0.0546. The number of benzene rings is 1. The number of rotatable bonds is 7. The molecule has 0 spiro atoms. The molecule has 0 aromatic heterocycles. The summed E-state index contributed by atoms with van der Waals surface area (Å²) in [6, 6.07) is 6.97. The molecule has 0 saturated heterocycles. The van der Waals surface area contributed by atoms with Crippen LogP contribution in [0.3, 0.4) is 0 Å². The highest BCUT2D eigenvalue weighted by Gasteiger charge is 2.11. The number of carbonyl (C=O) groups excluding carboxylic acids is 1. The maximum atomic E-state index is 11.7. The molecule has 1 rings (SSSR count). The van der Waals surface area contributed by atoms with Gasteiger partial charge in [-0.15, -0.1) is 0 Å². The Labute approximate surface area is 118 Å². The molecule has 6 heteroatoms. The fraction of sp³-hybridized carbons (Fsp3) is 0.429. The maximum absolute atomic E-state index is 11.7. The Morgan fingerprint density at radius 3 is 2.65 bits per heavy atom. The molecule has 0 atom stereocenters. The Bertz CT molecular complexity index is 470. The van der Waals surface area contributed by atoms with E-state index in [1.165, 1.54) is 0 Å². The molecule has 0 unspecified atom stereocenters. The zero-order valence-electron chi connectivity index (χ0n) is 11.8. The first kappa shape index (κ1) is 15.8. The first-order valence-corrected chi connectivity index (χ1v) is 6.61. The van der Waals surface area contributed by atoms with Crippen molar-refractivity contribution in [3.8, 4) is 5.75 Å². The van der Waals surface area contributed by atoms with Crippen molar-refractivity contribution in [2.75, 3.05) is 6.61 Å². The van der Waals surface area contributed by atoms with E-state index in [0.717, 1.165) is 12.8 Å². The summed E-state index contributed by atoms with van der Waals surface area (Å²) in [7, 11) is 0. The Morgan fingerprint density at radius 1 is 1.40 bits per heavy atom. The lowest BCUT2D eigenvalue weighted by Crippen LogP contribution is -2.37. The molecule has 110 valence electrons. The van der Waals surface area contributed by atoms with Gasteiger partial charge in [0.1, 0.15) is 5.75 Å². The minimum atomic E-state index is -0.187. The summed E-state index contributed by atoms with van der Waals surface area (Å²) in [4.78, 5) is 11.7. The summed E-state index contributed by atoms with van der Waals surface area (Å²) >= 11 is 0. The van der Waals surface area contributed by atoms with Crippen molar-refractivity contribution >= 4 is 11.7 Å². The van der Waals surface area contributed by atoms with E-state index in [2.05, 4.69) is 10.5 Å². The molecular formula is C14H21N3O3. The monoisotopic (exact) mass is 279 g/mol. The van der Waals surface area contributed by atoms with Crippen LogP contribution in [0.5, 0.6) is 5.75 Å². The van der Waals surface area contributed by atoms with Crippen molar-refractivity contribution in [1.82, 2.24) is 5.32 Å². The zero-order chi connectivity index (χ0) is 15.0. The van der Waals surface area contributed by atoms with E-state index >= 15 is 0 Å². The van der Waals surface area contributed by atoms with E-state index in [1.807, 2.05) is 13.8 Å². The SMILES string of the molecule is CCC(CC)NC(=O)COc1ccccc1/C(N)=N/O. The van der Waals surface area contributed by atoms with Crippen molar-refractivity contribution in [1.29, 1.82) is 0 Å². The number of oxime groups is 1. The van der Waals surface area contributed by atoms with Crippen molar-refractivity contribution < 1.29 is 14.7 Å². The van der Waals surface area contributed by atoms with Crippen LogP contribution in [0.25, 0.3) is 0 Å². The fourth-order valence-electron chi connectivity index (χ4n) is 1.76. The van der Waals surface area contributed by atoms with Gasteiger partial charge >= 0.3 is 0 Å². The van der Waals surface area contributed by atoms with E-state index in [9.17, 15) is 4.79 Å². The topological polar surface area (TPSA) is 96.9 Å². The maximum Gasteiger partial charge on any atom is 0.258 e. The Balaban J connectivity index is 2.64. The summed E-state index contributed by atoms with van der Waals surface area (Å²) in [5.41, 5.74) is 5.99. The number of nitrogens with zero attached hydrogens (tertiary/aromatic N) is 1. The molecule has 1 aromatic carbocycles. The highest BCUT2D eigenvalue weighted by atomic mass is 16.5. The van der Waals surface area contributed by atoms with Gasteiger partial charge in [0.2, 0.25) is 0 Å². The van der Waals surface area contributed by atoms with Gasteiger partial charge in [0.25, 0.3) is 5.91 Å². The van der Waals surface area contributed by atoms with Crippen molar-refractivity contribution in [3.05, 3.63) is 29.8 Å². The van der Waals surface area contributed by atoms with E-state index in [0.29, 0.717) is 11.3 Å². The smallest absolute Gasteiger partial charge is 0.258 e. The number of hydrogen-bond acceptors (Lipinski definition) is 4. The molecule has 0 aliphatic rings. The van der Waals surface area contributed by atoms with Crippen molar-refractivity contribution in [2.24, 2.45) is 10.9 Å². The number of carbonyl (C=O) groups is 1. The Morgan fingerprint density at radius 2 is 2.05 bits per heavy atom. The Kier molecular flexibility index (Phi) is 6.36. The van der Waals surface area contributed by atoms with Crippen LogP contribution in [-0.4, -0.2) is 29.6 Å². The molecule has 1 aromatic rings. The number of ether oxygens (including phenoxy) is 1. The third-order valence-corrected chi connectivity index (χ3v) is 2.98. The molecule has 0 radical (unpaired) electrons. The predicted octanol–water partition coefficient (Wildman–Crippen LogP) is 1.46. The van der Waals surface area contributed by atoms with Gasteiger partial charge in [-0.1, -0.05) is 31.1 Å². The van der Waals surface area contributed by atoms with E-state index in [1.54, 1.807) is 24.3 Å². The second-order valence-electron chi connectivity index (χ2n) is 4.35. The third-order valence-electron chi connectivity index (χ3n) is 2.98. The number of amidine groups is 1. The van der Waals surface area contributed by atoms with Gasteiger partial charge in [-0.05, 0) is 25.0 Å². The molecule has 0 aliphatic carbocycles. The number of hydrogen-bond donors (Lipinski definition) is 3. The lowest BCUT2D eigenvalue weighted by Gasteiger charge is -2.15. The summed E-state index contributed by atoms with van der Waals surface area (Å²) < 4.78 is 5.43. The molecule has 0 aliphatic heterocycles. The lowest BCUT2D eigenvalue weighted by molar-refractivity contribution is -0.123. The summed E-state index contributed by atoms with van der Waals surface area (Å²) in [5.74, 6) is 0.163. The molecular weight excluding hydrogens is 258 g/mol. The second kappa shape index (κ2) is 8.04. The van der Waals surface area contributed by atoms with Gasteiger partial charge in [0.05, 0.1) is 5.56 Å².